The number of aromatic amines is 1. The number of alkyl halides is 3. The normalized spacial score (nSPS) is 12.4. The molecule has 1 aromatic heterocycles. The van der Waals surface area contributed by atoms with Gasteiger partial charge in [-0.15, -0.1) is 0 Å². The zero-order valence-corrected chi connectivity index (χ0v) is 10.9. The van der Waals surface area contributed by atoms with Crippen molar-refractivity contribution in [3.05, 3.63) is 30.1 Å². The summed E-state index contributed by atoms with van der Waals surface area (Å²) in [5.74, 6) is 0.104. The Morgan fingerprint density at radius 3 is 2.45 bits per heavy atom. The highest BCUT2D eigenvalue weighted by molar-refractivity contribution is 7.92. The van der Waals surface area contributed by atoms with Crippen molar-refractivity contribution < 1.29 is 21.6 Å². The zero-order valence-electron chi connectivity index (χ0n) is 10.1. The first-order valence-corrected chi connectivity index (χ1v) is 7.10. The molecule has 0 atom stereocenters. The Balaban J connectivity index is 2.56. The number of halogens is 3. The number of rotatable bonds is 3. The second-order valence-electron chi connectivity index (χ2n) is 4.01. The van der Waals surface area contributed by atoms with Gasteiger partial charge in [0, 0.05) is 11.3 Å². The molecule has 2 aromatic rings. The third-order valence-corrected chi connectivity index (χ3v) is 2.86. The summed E-state index contributed by atoms with van der Waals surface area (Å²) < 4.78 is 62.7. The van der Waals surface area contributed by atoms with Crippen molar-refractivity contribution in [2.75, 3.05) is 11.0 Å². The Kier molecular flexibility index (Phi) is 3.42. The van der Waals surface area contributed by atoms with Crippen LogP contribution >= 0.6 is 0 Å². The molecule has 2 N–H and O–H groups in total. The topological polar surface area (TPSA) is 87.7 Å². The standard InChI is InChI=1S/C10H9F3N4O2S/c1-20(18,19)17-8-3-6(9-14-5-15-16-9)2-7(4-8)10(11,12)13/h2-5,17H,1H3,(H,14,15,16). The number of nitrogens with one attached hydrogen (secondary N) is 2. The second kappa shape index (κ2) is 4.78. The minimum absolute atomic E-state index is 0.0727. The van der Waals surface area contributed by atoms with Gasteiger partial charge in [-0.2, -0.15) is 18.3 Å². The molecular formula is C10H9F3N4O2S. The lowest BCUT2D eigenvalue weighted by Gasteiger charge is -2.11. The van der Waals surface area contributed by atoms with E-state index in [9.17, 15) is 21.6 Å². The van der Waals surface area contributed by atoms with Gasteiger partial charge < -0.3 is 0 Å². The fourth-order valence-electron chi connectivity index (χ4n) is 1.55. The molecule has 2 rings (SSSR count). The molecule has 6 nitrogen and oxygen atoms in total. The first-order valence-electron chi connectivity index (χ1n) is 5.21. The van der Waals surface area contributed by atoms with Crippen LogP contribution in [0.25, 0.3) is 11.4 Å². The van der Waals surface area contributed by atoms with E-state index < -0.39 is 21.8 Å². The molecule has 20 heavy (non-hydrogen) atoms. The van der Waals surface area contributed by atoms with Crippen molar-refractivity contribution in [3.8, 4) is 11.4 Å². The van der Waals surface area contributed by atoms with E-state index in [1.807, 2.05) is 4.72 Å². The molecule has 0 aliphatic carbocycles. The number of sulfonamides is 1. The predicted molar refractivity (Wildman–Crippen MR) is 65.3 cm³/mol. The van der Waals surface area contributed by atoms with Gasteiger partial charge in [-0.3, -0.25) is 9.82 Å². The number of hydrogen-bond acceptors (Lipinski definition) is 4. The summed E-state index contributed by atoms with van der Waals surface area (Å²) in [6.07, 6.45) is -2.62. The van der Waals surface area contributed by atoms with E-state index in [1.165, 1.54) is 6.07 Å². The average Bonchev–Trinajstić information content (AvgIpc) is 2.78. The van der Waals surface area contributed by atoms with Gasteiger partial charge in [0.15, 0.2) is 5.82 Å². The van der Waals surface area contributed by atoms with Crippen molar-refractivity contribution in [3.63, 3.8) is 0 Å². The Bertz CT molecular complexity index is 711. The third kappa shape index (κ3) is 3.47. The molecule has 0 amide bonds. The number of hydrogen-bond donors (Lipinski definition) is 2. The second-order valence-corrected chi connectivity index (χ2v) is 5.75. The van der Waals surface area contributed by atoms with Crippen LogP contribution in [-0.2, 0) is 16.2 Å². The number of benzene rings is 1. The lowest BCUT2D eigenvalue weighted by Crippen LogP contribution is -2.12. The first kappa shape index (κ1) is 14.3. The number of anilines is 1. The van der Waals surface area contributed by atoms with Gasteiger partial charge in [0.2, 0.25) is 10.0 Å². The Hall–Kier alpha value is -2.10. The van der Waals surface area contributed by atoms with Gasteiger partial charge in [-0.1, -0.05) is 0 Å². The highest BCUT2D eigenvalue weighted by Crippen LogP contribution is 2.34. The number of aromatic nitrogens is 3. The molecule has 1 aromatic carbocycles. The van der Waals surface area contributed by atoms with Crippen molar-refractivity contribution in [2.45, 2.75) is 6.18 Å². The lowest BCUT2D eigenvalue weighted by atomic mass is 10.1. The van der Waals surface area contributed by atoms with E-state index in [4.69, 9.17) is 0 Å². The smallest absolute Gasteiger partial charge is 0.284 e. The molecule has 108 valence electrons. The molecular weight excluding hydrogens is 297 g/mol. The molecule has 0 fully saturated rings. The van der Waals surface area contributed by atoms with Gasteiger partial charge in [-0.25, -0.2) is 13.4 Å². The van der Waals surface area contributed by atoms with Crippen LogP contribution in [0.2, 0.25) is 0 Å². The molecule has 0 saturated heterocycles. The van der Waals surface area contributed by atoms with E-state index in [2.05, 4.69) is 15.2 Å². The summed E-state index contributed by atoms with van der Waals surface area (Å²) in [7, 11) is -3.69. The summed E-state index contributed by atoms with van der Waals surface area (Å²) in [4.78, 5) is 3.74. The van der Waals surface area contributed by atoms with Crippen LogP contribution in [0.1, 0.15) is 5.56 Å². The fraction of sp³-hybridized carbons (Fsp3) is 0.200. The van der Waals surface area contributed by atoms with Crippen molar-refractivity contribution >= 4 is 15.7 Å². The zero-order chi connectivity index (χ0) is 15.0. The van der Waals surface area contributed by atoms with Crippen molar-refractivity contribution in [1.29, 1.82) is 0 Å². The minimum Gasteiger partial charge on any atom is -0.284 e. The molecule has 0 unspecified atom stereocenters. The van der Waals surface area contributed by atoms with Gasteiger partial charge in [0.25, 0.3) is 0 Å². The van der Waals surface area contributed by atoms with E-state index in [-0.39, 0.29) is 17.1 Å². The largest absolute Gasteiger partial charge is 0.416 e. The summed E-state index contributed by atoms with van der Waals surface area (Å²) in [5, 5.41) is 5.96. The third-order valence-electron chi connectivity index (χ3n) is 2.25. The van der Waals surface area contributed by atoms with Crippen LogP contribution in [0.4, 0.5) is 18.9 Å². The highest BCUT2D eigenvalue weighted by atomic mass is 32.2. The molecule has 0 aliphatic heterocycles. The van der Waals surface area contributed by atoms with Crippen molar-refractivity contribution in [1.82, 2.24) is 15.2 Å². The maximum atomic E-state index is 12.8. The highest BCUT2D eigenvalue weighted by Gasteiger charge is 2.31. The van der Waals surface area contributed by atoms with E-state index in [0.717, 1.165) is 18.6 Å². The van der Waals surface area contributed by atoms with E-state index in [0.29, 0.717) is 6.07 Å². The molecule has 10 heteroatoms. The van der Waals surface area contributed by atoms with Gasteiger partial charge >= 0.3 is 6.18 Å². The fourth-order valence-corrected chi connectivity index (χ4v) is 2.09. The van der Waals surface area contributed by atoms with Crippen LogP contribution < -0.4 is 4.72 Å². The molecule has 0 spiro atoms. The van der Waals surface area contributed by atoms with E-state index >= 15 is 0 Å². The molecule has 0 saturated carbocycles. The minimum atomic E-state index is -4.61. The first-order chi connectivity index (χ1) is 9.15. The summed E-state index contributed by atoms with van der Waals surface area (Å²) >= 11 is 0. The molecule has 1 heterocycles. The van der Waals surface area contributed by atoms with E-state index in [1.54, 1.807) is 0 Å². The Morgan fingerprint density at radius 2 is 1.95 bits per heavy atom. The summed E-state index contributed by atoms with van der Waals surface area (Å²) in [6.45, 7) is 0. The Morgan fingerprint density at radius 1 is 1.25 bits per heavy atom. The summed E-state index contributed by atoms with van der Waals surface area (Å²) in [6, 6.07) is 2.80. The van der Waals surface area contributed by atoms with Crippen LogP contribution in [0.5, 0.6) is 0 Å². The van der Waals surface area contributed by atoms with Crippen LogP contribution in [0, 0.1) is 0 Å². The number of nitrogens with zero attached hydrogens (tertiary/aromatic N) is 2. The Labute approximate surface area is 112 Å². The van der Waals surface area contributed by atoms with Gasteiger partial charge in [-0.05, 0) is 18.2 Å². The molecule has 0 aliphatic rings. The average molecular weight is 306 g/mol. The monoisotopic (exact) mass is 306 g/mol. The van der Waals surface area contributed by atoms with Crippen LogP contribution in [0.3, 0.4) is 0 Å². The maximum Gasteiger partial charge on any atom is 0.416 e. The molecule has 0 bridgehead atoms. The van der Waals surface area contributed by atoms with Gasteiger partial charge in [0.05, 0.1) is 11.8 Å². The van der Waals surface area contributed by atoms with Gasteiger partial charge in [0.1, 0.15) is 6.33 Å². The summed E-state index contributed by atoms with van der Waals surface area (Å²) in [5.41, 5.74) is -1.12. The van der Waals surface area contributed by atoms with Crippen LogP contribution in [-0.4, -0.2) is 29.9 Å². The quantitative estimate of drug-likeness (QED) is 0.906. The van der Waals surface area contributed by atoms with Crippen LogP contribution in [0.15, 0.2) is 24.5 Å². The SMILES string of the molecule is CS(=O)(=O)Nc1cc(-c2ncn[nH]2)cc(C(F)(F)F)c1. The maximum absolute atomic E-state index is 12.8. The lowest BCUT2D eigenvalue weighted by molar-refractivity contribution is -0.137. The molecule has 0 radical (unpaired) electrons. The number of H-pyrrole nitrogens is 1. The van der Waals surface area contributed by atoms with Crippen molar-refractivity contribution in [2.24, 2.45) is 0 Å². The predicted octanol–water partition coefficient (Wildman–Crippen LogP) is 1.86.